The van der Waals surface area contributed by atoms with Crippen molar-refractivity contribution in [1.29, 1.82) is 0 Å². The molecule has 3 aliphatic rings. The number of amides is 2. The molecule has 1 aliphatic carbocycles. The molecule has 8 heteroatoms. The van der Waals surface area contributed by atoms with Crippen LogP contribution in [0.25, 0.3) is 33.5 Å². The van der Waals surface area contributed by atoms with E-state index in [2.05, 4.69) is 35.1 Å². The number of anilines is 1. The van der Waals surface area contributed by atoms with Crippen LogP contribution in [-0.4, -0.2) is 57.9 Å². The molecule has 1 saturated carbocycles. The van der Waals surface area contributed by atoms with E-state index in [4.69, 9.17) is 9.72 Å². The lowest BCUT2D eigenvalue weighted by molar-refractivity contribution is 0.0697. The molecule has 0 radical (unpaired) electrons. The van der Waals surface area contributed by atoms with Gasteiger partial charge in [-0.05, 0) is 97.5 Å². The Morgan fingerprint density at radius 2 is 1.72 bits per heavy atom. The van der Waals surface area contributed by atoms with Gasteiger partial charge in [-0.1, -0.05) is 37.3 Å². The Morgan fingerprint density at radius 3 is 2.50 bits per heavy atom. The second kappa shape index (κ2) is 11.4. The highest BCUT2D eigenvalue weighted by Crippen LogP contribution is 2.42. The third kappa shape index (κ3) is 5.11. The van der Waals surface area contributed by atoms with Gasteiger partial charge in [0.15, 0.2) is 0 Å². The Morgan fingerprint density at radius 1 is 0.913 bits per heavy atom. The van der Waals surface area contributed by atoms with Gasteiger partial charge in [-0.25, -0.2) is 9.97 Å². The van der Waals surface area contributed by atoms with E-state index in [0.29, 0.717) is 41.9 Å². The summed E-state index contributed by atoms with van der Waals surface area (Å²) in [6, 6.07) is 21.9. The minimum atomic E-state index is -0.0522. The molecule has 0 spiro atoms. The molecule has 232 valence electrons. The van der Waals surface area contributed by atoms with Gasteiger partial charge in [0, 0.05) is 41.0 Å². The first-order valence-electron chi connectivity index (χ1n) is 16.4. The number of nitrogens with one attached hydrogen (secondary N) is 1. The van der Waals surface area contributed by atoms with Crippen molar-refractivity contribution >= 4 is 28.5 Å². The summed E-state index contributed by atoms with van der Waals surface area (Å²) in [5.41, 5.74) is 8.71. The molecule has 3 aromatic carbocycles. The second-order valence-electron chi connectivity index (χ2n) is 13.0. The molecular formula is C38H37N5O3. The zero-order chi connectivity index (χ0) is 31.4. The van der Waals surface area contributed by atoms with Gasteiger partial charge in [0.2, 0.25) is 0 Å². The fraction of sp³-hybridized carbons (Fsp3) is 0.316. The molecule has 8 nitrogen and oxygen atoms in total. The number of ether oxygens (including phenoxy) is 1. The van der Waals surface area contributed by atoms with Crippen LogP contribution in [0.4, 0.5) is 5.69 Å². The molecule has 4 heterocycles. The van der Waals surface area contributed by atoms with E-state index in [0.717, 1.165) is 70.7 Å². The second-order valence-corrected chi connectivity index (χ2v) is 13.0. The van der Waals surface area contributed by atoms with Crippen molar-refractivity contribution in [3.05, 3.63) is 95.3 Å². The Balaban J connectivity index is 1.09. The minimum Gasteiger partial charge on any atom is -0.491 e. The highest BCUT2D eigenvalue weighted by molar-refractivity contribution is 6.09. The minimum absolute atomic E-state index is 0.0522. The summed E-state index contributed by atoms with van der Waals surface area (Å²) in [5.74, 6) is 2.00. The summed E-state index contributed by atoms with van der Waals surface area (Å²) in [6.45, 7) is 6.82. The summed E-state index contributed by atoms with van der Waals surface area (Å²) in [4.78, 5) is 43.4. The van der Waals surface area contributed by atoms with Crippen LogP contribution < -0.4 is 9.64 Å². The van der Waals surface area contributed by atoms with Gasteiger partial charge >= 0.3 is 0 Å². The predicted molar refractivity (Wildman–Crippen MR) is 179 cm³/mol. The van der Waals surface area contributed by atoms with Gasteiger partial charge in [-0.3, -0.25) is 9.59 Å². The van der Waals surface area contributed by atoms with Crippen molar-refractivity contribution in [2.75, 3.05) is 31.1 Å². The summed E-state index contributed by atoms with van der Waals surface area (Å²) in [7, 11) is 0. The van der Waals surface area contributed by atoms with Crippen LogP contribution in [0.3, 0.4) is 0 Å². The van der Waals surface area contributed by atoms with Gasteiger partial charge < -0.3 is 19.5 Å². The third-order valence-corrected chi connectivity index (χ3v) is 9.89. The standard InChI is InChI=1S/C38H37N5O3/c1-23-14-16-42(17-15-23)37(44)27-10-8-26(9-11-27)32-21-31-35(39-22-40-36(31)41-32)29-4-3-5-33(24(29)2)43-18-19-46-34-20-28(25-6-7-25)12-13-30(34)38(43)45/h3-5,8-13,20-23,25H,6-7,14-19H2,1-2H3,(H,39,40,41). The average Bonchev–Trinajstić information content (AvgIpc) is 3.87. The number of H-pyrrole nitrogens is 1. The number of piperidine rings is 1. The Kier molecular flexibility index (Phi) is 7.08. The van der Waals surface area contributed by atoms with Crippen LogP contribution in [0.5, 0.6) is 5.75 Å². The SMILES string of the molecule is Cc1c(-c2ncnc3[nH]c(-c4ccc(C(=O)N5CCC(C)CC5)cc4)cc23)cccc1N1CCOc2cc(C3CC3)ccc2C1=O. The van der Waals surface area contributed by atoms with Crippen molar-refractivity contribution in [3.63, 3.8) is 0 Å². The number of carbonyl (C=O) groups excluding carboxylic acids is 2. The lowest BCUT2D eigenvalue weighted by atomic mass is 9.98. The molecule has 0 atom stereocenters. The largest absolute Gasteiger partial charge is 0.491 e. The number of rotatable bonds is 5. The molecule has 2 aliphatic heterocycles. The van der Waals surface area contributed by atoms with E-state index < -0.39 is 0 Å². The lowest BCUT2D eigenvalue weighted by Gasteiger charge is -2.30. The molecule has 2 fully saturated rings. The summed E-state index contributed by atoms with van der Waals surface area (Å²) in [6.07, 6.45) is 6.10. The normalized spacial score (nSPS) is 17.1. The summed E-state index contributed by atoms with van der Waals surface area (Å²) in [5, 5.41) is 0.892. The van der Waals surface area contributed by atoms with E-state index in [1.54, 1.807) is 6.33 Å². The number of fused-ring (bicyclic) bond motifs is 2. The molecule has 5 aromatic rings. The monoisotopic (exact) mass is 611 g/mol. The number of benzene rings is 3. The fourth-order valence-electron chi connectivity index (χ4n) is 6.90. The highest BCUT2D eigenvalue weighted by Gasteiger charge is 2.30. The van der Waals surface area contributed by atoms with Crippen molar-refractivity contribution in [2.45, 2.75) is 45.4 Å². The van der Waals surface area contributed by atoms with Crippen LogP contribution >= 0.6 is 0 Å². The van der Waals surface area contributed by atoms with Crippen LogP contribution in [-0.2, 0) is 0 Å². The molecule has 1 N–H and O–H groups in total. The van der Waals surface area contributed by atoms with E-state index in [-0.39, 0.29) is 11.8 Å². The molecule has 8 rings (SSSR count). The first-order chi connectivity index (χ1) is 22.4. The van der Waals surface area contributed by atoms with Crippen molar-refractivity contribution < 1.29 is 14.3 Å². The Labute approximate surface area is 268 Å². The zero-order valence-electron chi connectivity index (χ0n) is 26.3. The number of hydrogen-bond donors (Lipinski definition) is 1. The van der Waals surface area contributed by atoms with E-state index >= 15 is 0 Å². The number of likely N-dealkylation sites (tertiary alicyclic amines) is 1. The Bertz CT molecular complexity index is 1970. The first-order valence-corrected chi connectivity index (χ1v) is 16.4. The van der Waals surface area contributed by atoms with E-state index in [9.17, 15) is 9.59 Å². The average molecular weight is 612 g/mol. The third-order valence-electron chi connectivity index (χ3n) is 9.89. The number of aromatic nitrogens is 3. The summed E-state index contributed by atoms with van der Waals surface area (Å²) >= 11 is 0. The lowest BCUT2D eigenvalue weighted by Crippen LogP contribution is -2.37. The molecular weight excluding hydrogens is 574 g/mol. The maximum Gasteiger partial charge on any atom is 0.262 e. The number of aromatic amines is 1. The van der Waals surface area contributed by atoms with Crippen molar-refractivity contribution in [3.8, 4) is 28.3 Å². The molecule has 46 heavy (non-hydrogen) atoms. The van der Waals surface area contributed by atoms with Gasteiger partial charge in [-0.15, -0.1) is 0 Å². The Hall–Kier alpha value is -4.98. The maximum absolute atomic E-state index is 13.9. The number of nitrogens with zero attached hydrogens (tertiary/aromatic N) is 4. The quantitative estimate of drug-likeness (QED) is 0.224. The topological polar surface area (TPSA) is 91.4 Å². The van der Waals surface area contributed by atoms with Crippen molar-refractivity contribution in [1.82, 2.24) is 19.9 Å². The summed E-state index contributed by atoms with van der Waals surface area (Å²) < 4.78 is 6.09. The van der Waals surface area contributed by atoms with E-state index in [1.165, 1.54) is 18.4 Å². The molecule has 2 amide bonds. The smallest absolute Gasteiger partial charge is 0.262 e. The van der Waals surface area contributed by atoms with Crippen LogP contribution in [0.1, 0.15) is 70.4 Å². The van der Waals surface area contributed by atoms with Gasteiger partial charge in [-0.2, -0.15) is 0 Å². The van der Waals surface area contributed by atoms with Crippen LogP contribution in [0, 0.1) is 12.8 Å². The molecule has 2 aromatic heterocycles. The first kappa shape index (κ1) is 28.5. The predicted octanol–water partition coefficient (Wildman–Crippen LogP) is 7.39. The fourth-order valence-corrected chi connectivity index (χ4v) is 6.90. The van der Waals surface area contributed by atoms with Crippen molar-refractivity contribution in [2.24, 2.45) is 5.92 Å². The zero-order valence-corrected chi connectivity index (χ0v) is 26.3. The van der Waals surface area contributed by atoms with Crippen LogP contribution in [0.2, 0.25) is 0 Å². The van der Waals surface area contributed by atoms with E-state index in [1.807, 2.05) is 65.3 Å². The molecule has 0 bridgehead atoms. The molecule has 1 saturated heterocycles. The van der Waals surface area contributed by atoms with Gasteiger partial charge in [0.25, 0.3) is 11.8 Å². The number of carbonyl (C=O) groups is 2. The van der Waals surface area contributed by atoms with Gasteiger partial charge in [0.1, 0.15) is 24.3 Å². The molecule has 0 unspecified atom stereocenters. The highest BCUT2D eigenvalue weighted by atomic mass is 16.5. The maximum atomic E-state index is 13.9. The van der Waals surface area contributed by atoms with Gasteiger partial charge in [0.05, 0.1) is 17.8 Å². The number of hydrogen-bond acceptors (Lipinski definition) is 5. The van der Waals surface area contributed by atoms with Crippen LogP contribution in [0.15, 0.2) is 73.1 Å².